The Morgan fingerprint density at radius 2 is 1.88 bits per heavy atom. The lowest BCUT2D eigenvalue weighted by Gasteiger charge is -2.15. The Bertz CT molecular complexity index is 217. The minimum atomic E-state index is -4.91. The normalized spacial score (nSPS) is 13.9. The molecule has 0 spiro atoms. The third kappa shape index (κ3) is 7.50. The Labute approximate surface area is 93.3 Å². The first kappa shape index (κ1) is 15.2. The van der Waals surface area contributed by atoms with Crippen molar-refractivity contribution in [1.29, 1.82) is 0 Å². The van der Waals surface area contributed by atoms with E-state index in [1.165, 1.54) is 6.92 Å². The van der Waals surface area contributed by atoms with E-state index >= 15 is 0 Å². The minimum Gasteiger partial charge on any atom is -0.455 e. The lowest BCUT2D eigenvalue weighted by molar-refractivity contribution is -0.203. The number of nitrogens with one attached hydrogen (secondary N) is 1. The maximum atomic E-state index is 11.8. The molecule has 0 aliphatic carbocycles. The van der Waals surface area contributed by atoms with Crippen molar-refractivity contribution >= 4 is 5.97 Å². The third-order valence-corrected chi connectivity index (χ3v) is 1.87. The third-order valence-electron chi connectivity index (χ3n) is 1.87. The fraction of sp³-hybridized carbons (Fsp3) is 0.900. The van der Waals surface area contributed by atoms with Crippen molar-refractivity contribution in [1.82, 2.24) is 5.32 Å². The van der Waals surface area contributed by atoms with Gasteiger partial charge in [-0.25, -0.2) is 4.79 Å². The molecular weight excluding hydrogens is 223 g/mol. The van der Waals surface area contributed by atoms with Crippen molar-refractivity contribution in [2.45, 2.75) is 39.5 Å². The van der Waals surface area contributed by atoms with E-state index in [-0.39, 0.29) is 6.54 Å². The van der Waals surface area contributed by atoms with Gasteiger partial charge in [0.25, 0.3) is 0 Å². The molecule has 0 heterocycles. The standard InChI is InChI=1S/C10H18F3NO2/c1-7(2)4-5-14-6-8(3)16-9(15)10(11,12)13/h7-8,14H,4-6H2,1-3H3. The van der Waals surface area contributed by atoms with Crippen LogP contribution in [0.2, 0.25) is 0 Å². The average Bonchev–Trinajstić information content (AvgIpc) is 2.10. The predicted molar refractivity (Wildman–Crippen MR) is 53.9 cm³/mol. The second kappa shape index (κ2) is 6.73. The van der Waals surface area contributed by atoms with Gasteiger partial charge in [-0.3, -0.25) is 0 Å². The molecule has 1 N–H and O–H groups in total. The van der Waals surface area contributed by atoms with E-state index in [9.17, 15) is 18.0 Å². The van der Waals surface area contributed by atoms with E-state index in [4.69, 9.17) is 0 Å². The van der Waals surface area contributed by atoms with Crippen LogP contribution in [0.1, 0.15) is 27.2 Å². The highest BCUT2D eigenvalue weighted by atomic mass is 19.4. The zero-order valence-corrected chi connectivity index (χ0v) is 9.73. The summed E-state index contributed by atoms with van der Waals surface area (Å²) in [6, 6.07) is 0. The van der Waals surface area contributed by atoms with Gasteiger partial charge < -0.3 is 10.1 Å². The zero-order valence-electron chi connectivity index (χ0n) is 9.73. The van der Waals surface area contributed by atoms with Gasteiger partial charge in [0.2, 0.25) is 0 Å². The first-order valence-electron chi connectivity index (χ1n) is 5.22. The SMILES string of the molecule is CC(C)CCNCC(C)OC(=O)C(F)(F)F. The lowest BCUT2D eigenvalue weighted by atomic mass is 10.1. The van der Waals surface area contributed by atoms with E-state index in [1.807, 2.05) is 0 Å². The highest BCUT2D eigenvalue weighted by Crippen LogP contribution is 2.17. The van der Waals surface area contributed by atoms with Crippen LogP contribution in [-0.2, 0) is 9.53 Å². The molecule has 0 aromatic heterocycles. The lowest BCUT2D eigenvalue weighted by Crippen LogP contribution is -2.34. The van der Waals surface area contributed by atoms with Crippen molar-refractivity contribution in [3.8, 4) is 0 Å². The molecule has 0 aromatic carbocycles. The number of carbonyl (C=O) groups is 1. The van der Waals surface area contributed by atoms with Gasteiger partial charge in [-0.15, -0.1) is 0 Å². The van der Waals surface area contributed by atoms with Gasteiger partial charge in [0.1, 0.15) is 6.10 Å². The minimum absolute atomic E-state index is 0.231. The summed E-state index contributed by atoms with van der Waals surface area (Å²) in [5.74, 6) is -1.61. The molecule has 0 aliphatic rings. The highest BCUT2D eigenvalue weighted by molar-refractivity contribution is 5.75. The number of esters is 1. The summed E-state index contributed by atoms with van der Waals surface area (Å²) >= 11 is 0. The monoisotopic (exact) mass is 241 g/mol. The summed E-state index contributed by atoms with van der Waals surface area (Å²) < 4.78 is 39.6. The highest BCUT2D eigenvalue weighted by Gasteiger charge is 2.41. The molecule has 0 amide bonds. The van der Waals surface area contributed by atoms with Crippen LogP contribution in [0.5, 0.6) is 0 Å². The van der Waals surface area contributed by atoms with Gasteiger partial charge in [0, 0.05) is 6.54 Å². The van der Waals surface area contributed by atoms with E-state index in [1.54, 1.807) is 0 Å². The molecule has 3 nitrogen and oxygen atoms in total. The molecular formula is C10H18F3NO2. The quantitative estimate of drug-likeness (QED) is 0.571. The van der Waals surface area contributed by atoms with Gasteiger partial charge in [-0.1, -0.05) is 13.8 Å². The largest absolute Gasteiger partial charge is 0.490 e. The fourth-order valence-electron chi connectivity index (χ4n) is 0.987. The van der Waals surface area contributed by atoms with Crippen LogP contribution in [0.15, 0.2) is 0 Å². The van der Waals surface area contributed by atoms with Crippen molar-refractivity contribution in [3.63, 3.8) is 0 Å². The van der Waals surface area contributed by atoms with Crippen molar-refractivity contribution < 1.29 is 22.7 Å². The van der Waals surface area contributed by atoms with Crippen LogP contribution in [0.25, 0.3) is 0 Å². The van der Waals surface area contributed by atoms with Crippen molar-refractivity contribution in [2.24, 2.45) is 5.92 Å². The van der Waals surface area contributed by atoms with Gasteiger partial charge in [-0.05, 0) is 25.8 Å². The number of hydrogen-bond donors (Lipinski definition) is 1. The molecule has 96 valence electrons. The van der Waals surface area contributed by atoms with E-state index < -0.39 is 18.2 Å². The fourth-order valence-corrected chi connectivity index (χ4v) is 0.987. The van der Waals surface area contributed by atoms with Crippen molar-refractivity contribution in [3.05, 3.63) is 0 Å². The van der Waals surface area contributed by atoms with Crippen LogP contribution in [0.3, 0.4) is 0 Å². The Hall–Kier alpha value is -0.780. The first-order chi connectivity index (χ1) is 7.23. The summed E-state index contributed by atoms with van der Waals surface area (Å²) in [4.78, 5) is 10.4. The molecule has 0 radical (unpaired) electrons. The zero-order chi connectivity index (χ0) is 12.8. The molecule has 1 unspecified atom stereocenters. The molecule has 1 atom stereocenters. The van der Waals surface area contributed by atoms with Crippen LogP contribution in [0, 0.1) is 5.92 Å². The Morgan fingerprint density at radius 3 is 2.31 bits per heavy atom. The molecule has 0 bridgehead atoms. The van der Waals surface area contributed by atoms with E-state index in [0.29, 0.717) is 12.5 Å². The van der Waals surface area contributed by atoms with Crippen LogP contribution >= 0.6 is 0 Å². The molecule has 0 saturated carbocycles. The second-order valence-electron chi connectivity index (χ2n) is 4.10. The number of ether oxygens (including phenoxy) is 1. The molecule has 0 aromatic rings. The first-order valence-corrected chi connectivity index (χ1v) is 5.22. The summed E-state index contributed by atoms with van der Waals surface area (Å²) in [6.45, 7) is 6.45. The molecule has 0 rings (SSSR count). The maximum Gasteiger partial charge on any atom is 0.490 e. The molecule has 0 aliphatic heterocycles. The predicted octanol–water partition coefficient (Wildman–Crippen LogP) is 2.12. The smallest absolute Gasteiger partial charge is 0.455 e. The summed E-state index contributed by atoms with van der Waals surface area (Å²) in [5.41, 5.74) is 0. The molecule has 0 fully saturated rings. The van der Waals surface area contributed by atoms with Gasteiger partial charge in [0.05, 0.1) is 0 Å². The summed E-state index contributed by atoms with van der Waals surface area (Å²) in [6.07, 6.45) is -4.76. The number of halogens is 3. The topological polar surface area (TPSA) is 38.3 Å². The Morgan fingerprint density at radius 1 is 1.31 bits per heavy atom. The van der Waals surface area contributed by atoms with Crippen LogP contribution in [0.4, 0.5) is 13.2 Å². The second-order valence-corrected chi connectivity index (χ2v) is 4.10. The number of hydrogen-bond acceptors (Lipinski definition) is 3. The Balaban J connectivity index is 3.67. The summed E-state index contributed by atoms with van der Waals surface area (Å²) in [5, 5.41) is 2.93. The van der Waals surface area contributed by atoms with Crippen LogP contribution in [-0.4, -0.2) is 31.3 Å². The van der Waals surface area contributed by atoms with Crippen LogP contribution < -0.4 is 5.32 Å². The Kier molecular flexibility index (Phi) is 6.40. The van der Waals surface area contributed by atoms with Gasteiger partial charge >= 0.3 is 12.1 Å². The summed E-state index contributed by atoms with van der Waals surface area (Å²) in [7, 11) is 0. The maximum absolute atomic E-state index is 11.8. The van der Waals surface area contributed by atoms with E-state index in [2.05, 4.69) is 23.9 Å². The van der Waals surface area contributed by atoms with Gasteiger partial charge in [0.15, 0.2) is 0 Å². The molecule has 6 heteroatoms. The van der Waals surface area contributed by atoms with Crippen molar-refractivity contribution in [2.75, 3.05) is 13.1 Å². The molecule has 16 heavy (non-hydrogen) atoms. The van der Waals surface area contributed by atoms with E-state index in [0.717, 1.165) is 6.42 Å². The number of rotatable bonds is 6. The number of alkyl halides is 3. The molecule has 0 saturated heterocycles. The number of carbonyl (C=O) groups excluding carboxylic acids is 1. The van der Waals surface area contributed by atoms with Gasteiger partial charge in [-0.2, -0.15) is 13.2 Å². The average molecular weight is 241 g/mol.